The molecule has 0 aliphatic heterocycles. The molecule has 0 bridgehead atoms. The van der Waals surface area contributed by atoms with Gasteiger partial charge in [0.1, 0.15) is 0 Å². The van der Waals surface area contributed by atoms with Crippen LogP contribution in [0.15, 0.2) is 42.7 Å². The van der Waals surface area contributed by atoms with Crippen LogP contribution >= 0.6 is 0 Å². The second kappa shape index (κ2) is 7.79. The number of para-hydroxylation sites is 1. The van der Waals surface area contributed by atoms with Crippen LogP contribution in [0.25, 0.3) is 0 Å². The first-order valence-corrected chi connectivity index (χ1v) is 8.11. The van der Waals surface area contributed by atoms with Crippen LogP contribution < -0.4 is 10.6 Å². The summed E-state index contributed by atoms with van der Waals surface area (Å²) in [5.41, 5.74) is 1.72. The average molecular weight is 341 g/mol. The number of benzene rings is 1. The fourth-order valence-electron chi connectivity index (χ4n) is 2.24. The molecule has 0 radical (unpaired) electrons. The second-order valence-corrected chi connectivity index (χ2v) is 6.56. The molecule has 1 heterocycles. The standard InChI is InChI=1S/C19H23N3O3/c1-5-25-18(24)15-8-6-7-9-16(15)21-17(23)13-10-14(12-20-11-13)22-19(2,3)4/h6-12,22H,5H2,1-4H3,(H,21,23). The number of hydrogen-bond donors (Lipinski definition) is 2. The summed E-state index contributed by atoms with van der Waals surface area (Å²) in [6, 6.07) is 8.46. The molecule has 2 aromatic rings. The minimum absolute atomic E-state index is 0.146. The highest BCUT2D eigenvalue weighted by Crippen LogP contribution is 2.19. The molecular formula is C19H23N3O3. The topological polar surface area (TPSA) is 80.3 Å². The average Bonchev–Trinajstić information content (AvgIpc) is 2.54. The Bertz CT molecular complexity index is 767. The maximum atomic E-state index is 12.5. The highest BCUT2D eigenvalue weighted by atomic mass is 16.5. The van der Waals surface area contributed by atoms with Gasteiger partial charge in [0.05, 0.1) is 29.1 Å². The highest BCUT2D eigenvalue weighted by Gasteiger charge is 2.16. The Morgan fingerprint density at radius 1 is 1.16 bits per heavy atom. The number of amides is 1. The van der Waals surface area contributed by atoms with Crippen molar-refractivity contribution in [2.24, 2.45) is 0 Å². The summed E-state index contributed by atoms with van der Waals surface area (Å²) < 4.78 is 5.02. The molecule has 0 saturated carbocycles. The van der Waals surface area contributed by atoms with Crippen molar-refractivity contribution >= 4 is 23.3 Å². The SMILES string of the molecule is CCOC(=O)c1ccccc1NC(=O)c1cncc(NC(C)(C)C)c1. The predicted octanol–water partition coefficient (Wildman–Crippen LogP) is 3.72. The highest BCUT2D eigenvalue weighted by molar-refractivity contribution is 6.08. The normalized spacial score (nSPS) is 10.9. The number of carbonyl (C=O) groups is 2. The Balaban J connectivity index is 2.21. The van der Waals surface area contributed by atoms with Crippen LogP contribution in [0.4, 0.5) is 11.4 Å². The number of ether oxygens (including phenoxy) is 1. The summed E-state index contributed by atoms with van der Waals surface area (Å²) in [5.74, 6) is -0.818. The summed E-state index contributed by atoms with van der Waals surface area (Å²) in [4.78, 5) is 28.6. The third kappa shape index (κ3) is 5.31. The van der Waals surface area contributed by atoms with Crippen molar-refractivity contribution in [1.82, 2.24) is 4.98 Å². The number of anilines is 2. The van der Waals surface area contributed by atoms with Crippen LogP contribution in [0, 0.1) is 0 Å². The van der Waals surface area contributed by atoms with Crippen LogP contribution in [-0.4, -0.2) is 29.0 Å². The zero-order valence-electron chi connectivity index (χ0n) is 14.9. The smallest absolute Gasteiger partial charge is 0.340 e. The summed E-state index contributed by atoms with van der Waals surface area (Å²) in [6.45, 7) is 8.07. The zero-order chi connectivity index (χ0) is 18.4. The van der Waals surface area contributed by atoms with E-state index in [1.54, 1.807) is 43.5 Å². The number of hydrogen-bond acceptors (Lipinski definition) is 5. The van der Waals surface area contributed by atoms with Crippen molar-refractivity contribution < 1.29 is 14.3 Å². The van der Waals surface area contributed by atoms with Gasteiger partial charge in [-0.1, -0.05) is 12.1 Å². The molecule has 132 valence electrons. The van der Waals surface area contributed by atoms with E-state index in [0.717, 1.165) is 5.69 Å². The van der Waals surface area contributed by atoms with Gasteiger partial charge >= 0.3 is 5.97 Å². The maximum Gasteiger partial charge on any atom is 0.340 e. The molecule has 2 N–H and O–H groups in total. The molecule has 2 rings (SSSR count). The molecular weight excluding hydrogens is 318 g/mol. The number of pyridine rings is 1. The van der Waals surface area contributed by atoms with E-state index in [1.807, 2.05) is 20.8 Å². The molecule has 0 spiro atoms. The van der Waals surface area contributed by atoms with Crippen LogP contribution in [0.5, 0.6) is 0 Å². The first-order chi connectivity index (χ1) is 11.8. The van der Waals surface area contributed by atoms with E-state index in [0.29, 0.717) is 16.8 Å². The van der Waals surface area contributed by atoms with E-state index >= 15 is 0 Å². The Hall–Kier alpha value is -2.89. The molecule has 1 aromatic carbocycles. The van der Waals surface area contributed by atoms with Gasteiger partial charge in [-0.3, -0.25) is 9.78 Å². The number of nitrogens with zero attached hydrogens (tertiary/aromatic N) is 1. The monoisotopic (exact) mass is 341 g/mol. The number of nitrogens with one attached hydrogen (secondary N) is 2. The van der Waals surface area contributed by atoms with E-state index < -0.39 is 5.97 Å². The van der Waals surface area contributed by atoms with Crippen molar-refractivity contribution in [2.45, 2.75) is 33.2 Å². The van der Waals surface area contributed by atoms with E-state index in [2.05, 4.69) is 15.6 Å². The molecule has 6 heteroatoms. The summed E-state index contributed by atoms with van der Waals surface area (Å²) in [5, 5.41) is 6.02. The number of esters is 1. The number of rotatable bonds is 5. The molecule has 0 saturated heterocycles. The van der Waals surface area contributed by atoms with Gasteiger partial charge in [0, 0.05) is 17.9 Å². The third-order valence-corrected chi connectivity index (χ3v) is 3.19. The number of carbonyl (C=O) groups excluding carboxylic acids is 2. The molecule has 0 aliphatic carbocycles. The lowest BCUT2D eigenvalue weighted by molar-refractivity contribution is 0.0527. The lowest BCUT2D eigenvalue weighted by Crippen LogP contribution is -2.26. The van der Waals surface area contributed by atoms with E-state index in [-0.39, 0.29) is 18.1 Å². The van der Waals surface area contributed by atoms with E-state index in [9.17, 15) is 9.59 Å². The van der Waals surface area contributed by atoms with Gasteiger partial charge in [-0.15, -0.1) is 0 Å². The van der Waals surface area contributed by atoms with Crippen LogP contribution in [-0.2, 0) is 4.74 Å². The number of aromatic nitrogens is 1. The van der Waals surface area contributed by atoms with Gasteiger partial charge in [-0.2, -0.15) is 0 Å². The van der Waals surface area contributed by atoms with Gasteiger partial charge in [0.25, 0.3) is 5.91 Å². The minimum Gasteiger partial charge on any atom is -0.462 e. The minimum atomic E-state index is -0.473. The molecule has 0 unspecified atom stereocenters. The van der Waals surface area contributed by atoms with Crippen molar-refractivity contribution in [3.8, 4) is 0 Å². The Labute approximate surface area is 147 Å². The first kappa shape index (κ1) is 18.4. The zero-order valence-corrected chi connectivity index (χ0v) is 14.9. The van der Waals surface area contributed by atoms with Crippen molar-refractivity contribution in [2.75, 3.05) is 17.2 Å². The predicted molar refractivity (Wildman–Crippen MR) is 98.0 cm³/mol. The summed E-state index contributed by atoms with van der Waals surface area (Å²) in [7, 11) is 0. The Morgan fingerprint density at radius 3 is 2.56 bits per heavy atom. The third-order valence-electron chi connectivity index (χ3n) is 3.19. The molecule has 1 aromatic heterocycles. The fourth-order valence-corrected chi connectivity index (χ4v) is 2.24. The molecule has 0 fully saturated rings. The van der Waals surface area contributed by atoms with E-state index in [4.69, 9.17) is 4.74 Å². The lowest BCUT2D eigenvalue weighted by atomic mass is 10.1. The summed E-state index contributed by atoms with van der Waals surface area (Å²) >= 11 is 0. The van der Waals surface area contributed by atoms with Crippen molar-refractivity contribution in [1.29, 1.82) is 0 Å². The second-order valence-electron chi connectivity index (χ2n) is 6.56. The van der Waals surface area contributed by atoms with Gasteiger partial charge in [0.15, 0.2) is 0 Å². The van der Waals surface area contributed by atoms with Crippen molar-refractivity contribution in [3.63, 3.8) is 0 Å². The maximum absolute atomic E-state index is 12.5. The summed E-state index contributed by atoms with van der Waals surface area (Å²) in [6.07, 6.45) is 3.14. The van der Waals surface area contributed by atoms with Crippen LogP contribution in [0.2, 0.25) is 0 Å². The van der Waals surface area contributed by atoms with Gasteiger partial charge in [0.2, 0.25) is 0 Å². The van der Waals surface area contributed by atoms with Gasteiger partial charge in [-0.05, 0) is 45.9 Å². The van der Waals surface area contributed by atoms with Crippen LogP contribution in [0.3, 0.4) is 0 Å². The largest absolute Gasteiger partial charge is 0.462 e. The Morgan fingerprint density at radius 2 is 1.88 bits per heavy atom. The molecule has 6 nitrogen and oxygen atoms in total. The first-order valence-electron chi connectivity index (χ1n) is 8.11. The van der Waals surface area contributed by atoms with Crippen molar-refractivity contribution in [3.05, 3.63) is 53.9 Å². The van der Waals surface area contributed by atoms with Crippen LogP contribution in [0.1, 0.15) is 48.4 Å². The van der Waals surface area contributed by atoms with E-state index in [1.165, 1.54) is 6.20 Å². The molecule has 1 amide bonds. The van der Waals surface area contributed by atoms with Gasteiger partial charge < -0.3 is 15.4 Å². The Kier molecular flexibility index (Phi) is 5.75. The molecule has 0 aliphatic rings. The van der Waals surface area contributed by atoms with Gasteiger partial charge in [-0.25, -0.2) is 4.79 Å². The lowest BCUT2D eigenvalue weighted by Gasteiger charge is -2.22. The quantitative estimate of drug-likeness (QED) is 0.810. The fraction of sp³-hybridized carbons (Fsp3) is 0.316. The molecule has 25 heavy (non-hydrogen) atoms. The molecule has 0 atom stereocenters.